The summed E-state index contributed by atoms with van der Waals surface area (Å²) in [6.45, 7) is 2.89. The zero-order valence-corrected chi connectivity index (χ0v) is 9.67. The second kappa shape index (κ2) is 3.73. The fourth-order valence-corrected chi connectivity index (χ4v) is 2.13. The molecule has 1 aliphatic heterocycles. The maximum absolute atomic E-state index is 11.5. The predicted molar refractivity (Wildman–Crippen MR) is 60.5 cm³/mol. The molecule has 1 fully saturated rings. The molecule has 0 aliphatic carbocycles. The third-order valence-corrected chi connectivity index (χ3v) is 3.03. The van der Waals surface area contributed by atoms with Crippen LogP contribution in [0.4, 0.5) is 5.69 Å². The van der Waals surface area contributed by atoms with Crippen LogP contribution in [0.3, 0.4) is 0 Å². The first-order valence-corrected chi connectivity index (χ1v) is 5.54. The molecule has 0 spiro atoms. The lowest BCUT2D eigenvalue weighted by Gasteiger charge is -2.18. The minimum Gasteiger partial charge on any atom is -0.312 e. The summed E-state index contributed by atoms with van der Waals surface area (Å²) in [5, 5.41) is 0. The Morgan fingerprint density at radius 2 is 2.21 bits per heavy atom. The quantitative estimate of drug-likeness (QED) is 0.754. The molecule has 1 heterocycles. The molecule has 1 aromatic rings. The van der Waals surface area contributed by atoms with Gasteiger partial charge in [0.2, 0.25) is 5.91 Å². The van der Waals surface area contributed by atoms with E-state index in [1.165, 1.54) is 0 Å². The third-order valence-electron chi connectivity index (χ3n) is 2.54. The number of benzene rings is 1. The summed E-state index contributed by atoms with van der Waals surface area (Å²) in [4.78, 5) is 13.4. The van der Waals surface area contributed by atoms with E-state index >= 15 is 0 Å². The number of anilines is 1. The first-order valence-electron chi connectivity index (χ1n) is 4.75. The van der Waals surface area contributed by atoms with E-state index in [1.807, 2.05) is 30.0 Å². The summed E-state index contributed by atoms with van der Waals surface area (Å²) >= 11 is 3.43. The monoisotopic (exact) mass is 253 g/mol. The molecule has 0 bridgehead atoms. The van der Waals surface area contributed by atoms with Crippen LogP contribution in [-0.2, 0) is 4.79 Å². The standard InChI is InChI=1S/C11H12BrNO/c1-8-4-5-9(12)7-10(8)13-6-2-3-11(13)14/h4-5,7H,2-3,6H2,1H3. The van der Waals surface area contributed by atoms with Crippen molar-refractivity contribution < 1.29 is 4.79 Å². The van der Waals surface area contributed by atoms with Crippen molar-refractivity contribution in [1.82, 2.24) is 0 Å². The number of nitrogens with zero attached hydrogens (tertiary/aromatic N) is 1. The second-order valence-electron chi connectivity index (χ2n) is 3.58. The molecule has 0 saturated carbocycles. The van der Waals surface area contributed by atoms with Gasteiger partial charge in [-0.05, 0) is 31.0 Å². The lowest BCUT2D eigenvalue weighted by atomic mass is 10.2. The van der Waals surface area contributed by atoms with Gasteiger partial charge in [0.1, 0.15) is 0 Å². The van der Waals surface area contributed by atoms with Crippen LogP contribution < -0.4 is 4.90 Å². The van der Waals surface area contributed by atoms with Gasteiger partial charge < -0.3 is 4.90 Å². The number of aryl methyl sites for hydroxylation is 1. The van der Waals surface area contributed by atoms with Crippen molar-refractivity contribution in [2.75, 3.05) is 11.4 Å². The van der Waals surface area contributed by atoms with Crippen molar-refractivity contribution in [3.63, 3.8) is 0 Å². The number of amides is 1. The minimum atomic E-state index is 0.242. The lowest BCUT2D eigenvalue weighted by Crippen LogP contribution is -2.24. The predicted octanol–water partition coefficient (Wildman–Crippen LogP) is 2.88. The molecule has 0 N–H and O–H groups in total. The number of carbonyl (C=O) groups excluding carboxylic acids is 1. The van der Waals surface area contributed by atoms with E-state index in [9.17, 15) is 4.79 Å². The van der Waals surface area contributed by atoms with Crippen molar-refractivity contribution in [2.24, 2.45) is 0 Å². The lowest BCUT2D eigenvalue weighted by molar-refractivity contribution is -0.117. The number of carbonyl (C=O) groups is 1. The average molecular weight is 254 g/mol. The van der Waals surface area contributed by atoms with Crippen LogP contribution in [0.5, 0.6) is 0 Å². The van der Waals surface area contributed by atoms with E-state index < -0.39 is 0 Å². The molecule has 2 rings (SSSR count). The van der Waals surface area contributed by atoms with Crippen molar-refractivity contribution in [2.45, 2.75) is 19.8 Å². The molecule has 0 radical (unpaired) electrons. The smallest absolute Gasteiger partial charge is 0.227 e. The molecule has 74 valence electrons. The van der Waals surface area contributed by atoms with Crippen molar-refractivity contribution >= 4 is 27.5 Å². The van der Waals surface area contributed by atoms with E-state index in [0.717, 1.165) is 28.7 Å². The van der Waals surface area contributed by atoms with Gasteiger partial charge in [0.15, 0.2) is 0 Å². The summed E-state index contributed by atoms with van der Waals surface area (Å²) in [6, 6.07) is 6.04. The van der Waals surface area contributed by atoms with Crippen molar-refractivity contribution in [1.29, 1.82) is 0 Å². The van der Waals surface area contributed by atoms with Gasteiger partial charge in [0.05, 0.1) is 0 Å². The Kier molecular flexibility index (Phi) is 2.59. The highest BCUT2D eigenvalue weighted by Crippen LogP contribution is 2.27. The number of rotatable bonds is 1. The summed E-state index contributed by atoms with van der Waals surface area (Å²) in [5.41, 5.74) is 2.20. The SMILES string of the molecule is Cc1ccc(Br)cc1N1CCCC1=O. The maximum atomic E-state index is 11.5. The van der Waals surface area contributed by atoms with Crippen molar-refractivity contribution in [3.05, 3.63) is 28.2 Å². The van der Waals surface area contributed by atoms with Gasteiger partial charge >= 0.3 is 0 Å². The summed E-state index contributed by atoms with van der Waals surface area (Å²) in [6.07, 6.45) is 1.66. The summed E-state index contributed by atoms with van der Waals surface area (Å²) in [5.74, 6) is 0.242. The van der Waals surface area contributed by atoms with Crippen LogP contribution in [0.25, 0.3) is 0 Å². The van der Waals surface area contributed by atoms with Gasteiger partial charge in [-0.15, -0.1) is 0 Å². The molecule has 0 unspecified atom stereocenters. The van der Waals surface area contributed by atoms with Gasteiger partial charge in [-0.1, -0.05) is 22.0 Å². The summed E-state index contributed by atoms with van der Waals surface area (Å²) < 4.78 is 1.03. The van der Waals surface area contributed by atoms with E-state index in [-0.39, 0.29) is 5.91 Å². The first-order chi connectivity index (χ1) is 6.68. The minimum absolute atomic E-state index is 0.242. The molecule has 14 heavy (non-hydrogen) atoms. The van der Waals surface area contributed by atoms with Crippen LogP contribution in [0, 0.1) is 6.92 Å². The van der Waals surface area contributed by atoms with Crippen LogP contribution in [0.2, 0.25) is 0 Å². The molecule has 2 nitrogen and oxygen atoms in total. The maximum Gasteiger partial charge on any atom is 0.227 e. The largest absolute Gasteiger partial charge is 0.312 e. The van der Waals surface area contributed by atoms with Crippen LogP contribution in [-0.4, -0.2) is 12.5 Å². The molecule has 1 aliphatic rings. The van der Waals surface area contributed by atoms with Crippen LogP contribution >= 0.6 is 15.9 Å². The molecule has 0 aromatic heterocycles. The Balaban J connectivity index is 2.39. The highest BCUT2D eigenvalue weighted by Gasteiger charge is 2.22. The van der Waals surface area contributed by atoms with Crippen molar-refractivity contribution in [3.8, 4) is 0 Å². The summed E-state index contributed by atoms with van der Waals surface area (Å²) in [7, 11) is 0. The van der Waals surface area contributed by atoms with E-state index in [0.29, 0.717) is 6.42 Å². The fraction of sp³-hybridized carbons (Fsp3) is 0.364. The Morgan fingerprint density at radius 1 is 1.43 bits per heavy atom. The number of hydrogen-bond acceptors (Lipinski definition) is 1. The zero-order chi connectivity index (χ0) is 10.1. The molecular weight excluding hydrogens is 242 g/mol. The topological polar surface area (TPSA) is 20.3 Å². The molecule has 0 atom stereocenters. The normalized spacial score (nSPS) is 16.4. The van der Waals surface area contributed by atoms with Gasteiger partial charge in [-0.3, -0.25) is 4.79 Å². The Morgan fingerprint density at radius 3 is 2.86 bits per heavy atom. The third kappa shape index (κ3) is 1.69. The van der Waals surface area contributed by atoms with Crippen LogP contribution in [0.15, 0.2) is 22.7 Å². The molecule has 1 saturated heterocycles. The first kappa shape index (κ1) is 9.71. The molecule has 3 heteroatoms. The highest BCUT2D eigenvalue weighted by molar-refractivity contribution is 9.10. The molecule has 1 amide bonds. The van der Waals surface area contributed by atoms with E-state index in [4.69, 9.17) is 0 Å². The van der Waals surface area contributed by atoms with Gasteiger partial charge in [0, 0.05) is 23.1 Å². The van der Waals surface area contributed by atoms with E-state index in [1.54, 1.807) is 0 Å². The van der Waals surface area contributed by atoms with Crippen LogP contribution in [0.1, 0.15) is 18.4 Å². The van der Waals surface area contributed by atoms with Gasteiger partial charge in [-0.2, -0.15) is 0 Å². The Hall–Kier alpha value is -0.830. The molecule has 1 aromatic carbocycles. The van der Waals surface area contributed by atoms with Gasteiger partial charge in [-0.25, -0.2) is 0 Å². The number of hydrogen-bond donors (Lipinski definition) is 0. The fourth-order valence-electron chi connectivity index (χ4n) is 1.78. The Labute approximate surface area is 92.0 Å². The average Bonchev–Trinajstić information content (AvgIpc) is 2.56. The van der Waals surface area contributed by atoms with Gasteiger partial charge in [0.25, 0.3) is 0 Å². The number of halogens is 1. The van der Waals surface area contributed by atoms with E-state index in [2.05, 4.69) is 15.9 Å². The highest BCUT2D eigenvalue weighted by atomic mass is 79.9. The molecular formula is C11H12BrNO. The zero-order valence-electron chi connectivity index (χ0n) is 8.09. The second-order valence-corrected chi connectivity index (χ2v) is 4.50. The Bertz CT molecular complexity index is 376.